The number of benzene rings is 1. The van der Waals surface area contributed by atoms with Crippen molar-refractivity contribution < 1.29 is 9.90 Å². The Morgan fingerprint density at radius 2 is 2.20 bits per heavy atom. The van der Waals surface area contributed by atoms with Crippen LogP contribution in [0.4, 0.5) is 5.13 Å². The van der Waals surface area contributed by atoms with Gasteiger partial charge in [0.25, 0.3) is 0 Å². The lowest BCUT2D eigenvalue weighted by Crippen LogP contribution is -2.39. The zero-order chi connectivity index (χ0) is 14.3. The zero-order valence-corrected chi connectivity index (χ0v) is 12.5. The summed E-state index contributed by atoms with van der Waals surface area (Å²) in [6, 6.07) is 8.03. The second-order valence-electron chi connectivity index (χ2n) is 5.75. The zero-order valence-electron chi connectivity index (χ0n) is 11.7. The van der Waals surface area contributed by atoms with Gasteiger partial charge in [-0.3, -0.25) is 4.79 Å². The predicted octanol–water partition coefficient (Wildman–Crippen LogP) is 3.23. The fourth-order valence-corrected chi connectivity index (χ4v) is 3.87. The Balaban J connectivity index is 1.91. The molecule has 20 heavy (non-hydrogen) atoms. The molecule has 1 aromatic heterocycles. The van der Waals surface area contributed by atoms with E-state index in [0.29, 0.717) is 13.0 Å². The third-order valence-electron chi connectivity index (χ3n) is 4.39. The largest absolute Gasteiger partial charge is 0.481 e. The van der Waals surface area contributed by atoms with Gasteiger partial charge in [0.05, 0.1) is 15.6 Å². The average Bonchev–Trinajstić information content (AvgIpc) is 3.03. The van der Waals surface area contributed by atoms with E-state index in [-0.39, 0.29) is 5.92 Å². The number of fused-ring (bicyclic) bond motifs is 1. The molecule has 1 N–H and O–H groups in total. The van der Waals surface area contributed by atoms with Crippen molar-refractivity contribution >= 4 is 32.7 Å². The van der Waals surface area contributed by atoms with E-state index in [1.807, 2.05) is 32.0 Å². The first-order chi connectivity index (χ1) is 9.53. The highest BCUT2D eigenvalue weighted by atomic mass is 32.1. The van der Waals surface area contributed by atoms with Crippen LogP contribution in [0.1, 0.15) is 20.3 Å². The summed E-state index contributed by atoms with van der Waals surface area (Å²) in [5, 5.41) is 10.5. The molecule has 1 atom stereocenters. The van der Waals surface area contributed by atoms with Crippen molar-refractivity contribution in [2.24, 2.45) is 11.3 Å². The molecule has 1 fully saturated rings. The maximum Gasteiger partial charge on any atom is 0.311 e. The molecule has 2 heterocycles. The Labute approximate surface area is 122 Å². The van der Waals surface area contributed by atoms with Crippen molar-refractivity contribution in [3.63, 3.8) is 0 Å². The van der Waals surface area contributed by atoms with Crippen molar-refractivity contribution in [3.05, 3.63) is 24.3 Å². The summed E-state index contributed by atoms with van der Waals surface area (Å²) in [4.78, 5) is 18.4. The van der Waals surface area contributed by atoms with E-state index in [0.717, 1.165) is 21.9 Å². The van der Waals surface area contributed by atoms with Crippen LogP contribution in [0.25, 0.3) is 10.2 Å². The topological polar surface area (TPSA) is 53.4 Å². The number of hydrogen-bond donors (Lipinski definition) is 1. The summed E-state index contributed by atoms with van der Waals surface area (Å²) in [7, 11) is 0. The van der Waals surface area contributed by atoms with Crippen LogP contribution >= 0.6 is 11.3 Å². The van der Waals surface area contributed by atoms with Gasteiger partial charge in [-0.15, -0.1) is 0 Å². The van der Waals surface area contributed by atoms with Crippen LogP contribution in [-0.4, -0.2) is 29.1 Å². The fraction of sp³-hybridized carbons (Fsp3) is 0.467. The molecule has 2 aromatic rings. The second kappa shape index (κ2) is 4.74. The maximum absolute atomic E-state index is 11.7. The number of para-hydroxylation sites is 1. The van der Waals surface area contributed by atoms with Crippen LogP contribution in [0.15, 0.2) is 24.3 Å². The van der Waals surface area contributed by atoms with Crippen LogP contribution in [0, 0.1) is 11.3 Å². The van der Waals surface area contributed by atoms with Gasteiger partial charge in [-0.25, -0.2) is 4.98 Å². The van der Waals surface area contributed by atoms with Gasteiger partial charge in [-0.1, -0.05) is 37.3 Å². The number of carboxylic acid groups (broad SMARTS) is 1. The van der Waals surface area contributed by atoms with Crippen LogP contribution in [-0.2, 0) is 4.79 Å². The molecule has 4 nitrogen and oxygen atoms in total. The first kappa shape index (κ1) is 13.4. The molecule has 106 valence electrons. The summed E-state index contributed by atoms with van der Waals surface area (Å²) in [5.74, 6) is -0.560. The van der Waals surface area contributed by atoms with Gasteiger partial charge in [0.2, 0.25) is 0 Å². The highest BCUT2D eigenvalue weighted by Crippen LogP contribution is 2.41. The number of aromatic nitrogens is 1. The molecule has 3 rings (SSSR count). The standard InChI is InChI=1S/C15H18N2O2S/c1-10(2)15(13(18)19)7-8-17(9-15)14-16-11-5-3-4-6-12(11)20-14/h3-6,10H,7-9H2,1-2H3,(H,18,19). The third kappa shape index (κ3) is 1.97. The van der Waals surface area contributed by atoms with Gasteiger partial charge in [0.1, 0.15) is 0 Å². The van der Waals surface area contributed by atoms with Gasteiger partial charge in [-0.05, 0) is 24.5 Å². The van der Waals surface area contributed by atoms with Gasteiger partial charge in [0, 0.05) is 13.1 Å². The molecule has 5 heteroatoms. The number of hydrogen-bond acceptors (Lipinski definition) is 4. The molecule has 1 aromatic carbocycles. The number of rotatable bonds is 3. The Morgan fingerprint density at radius 3 is 2.80 bits per heavy atom. The number of thiazole rings is 1. The van der Waals surface area contributed by atoms with Crippen LogP contribution in [0.3, 0.4) is 0 Å². The van der Waals surface area contributed by atoms with E-state index in [2.05, 4.69) is 16.0 Å². The molecule has 0 aliphatic carbocycles. The summed E-state index contributed by atoms with van der Waals surface area (Å²) in [6.45, 7) is 5.32. The van der Waals surface area contributed by atoms with Crippen molar-refractivity contribution in [3.8, 4) is 0 Å². The van der Waals surface area contributed by atoms with E-state index in [4.69, 9.17) is 0 Å². The summed E-state index contributed by atoms with van der Waals surface area (Å²) < 4.78 is 1.15. The molecule has 1 unspecified atom stereocenters. The predicted molar refractivity (Wildman–Crippen MR) is 81.4 cm³/mol. The summed E-state index contributed by atoms with van der Waals surface area (Å²) in [6.07, 6.45) is 0.690. The van der Waals surface area contributed by atoms with Gasteiger partial charge in [0.15, 0.2) is 5.13 Å². The Hall–Kier alpha value is -1.62. The molecule has 0 bridgehead atoms. The molecule has 0 radical (unpaired) electrons. The van der Waals surface area contributed by atoms with Crippen LogP contribution in [0.5, 0.6) is 0 Å². The minimum atomic E-state index is -0.684. The average molecular weight is 290 g/mol. The molecule has 0 saturated carbocycles. The first-order valence-electron chi connectivity index (χ1n) is 6.87. The van der Waals surface area contributed by atoms with Gasteiger partial charge >= 0.3 is 5.97 Å². The Morgan fingerprint density at radius 1 is 1.45 bits per heavy atom. The van der Waals surface area contributed by atoms with E-state index in [9.17, 15) is 9.90 Å². The van der Waals surface area contributed by atoms with Gasteiger partial charge < -0.3 is 10.0 Å². The molecule has 1 aliphatic heterocycles. The van der Waals surface area contributed by atoms with E-state index in [1.165, 1.54) is 0 Å². The number of anilines is 1. The lowest BCUT2D eigenvalue weighted by Gasteiger charge is -2.28. The van der Waals surface area contributed by atoms with E-state index < -0.39 is 11.4 Å². The smallest absolute Gasteiger partial charge is 0.311 e. The minimum absolute atomic E-state index is 0.124. The number of carbonyl (C=O) groups is 1. The normalized spacial score (nSPS) is 22.9. The van der Waals surface area contributed by atoms with Crippen LogP contribution < -0.4 is 4.90 Å². The molecular formula is C15H18N2O2S. The summed E-state index contributed by atoms with van der Waals surface area (Å²) in [5.41, 5.74) is 0.350. The molecule has 0 spiro atoms. The van der Waals surface area contributed by atoms with Crippen molar-refractivity contribution in [2.45, 2.75) is 20.3 Å². The first-order valence-corrected chi connectivity index (χ1v) is 7.68. The Kier molecular flexibility index (Phi) is 3.17. The summed E-state index contributed by atoms with van der Waals surface area (Å²) >= 11 is 1.64. The van der Waals surface area contributed by atoms with Crippen LogP contribution in [0.2, 0.25) is 0 Å². The lowest BCUT2D eigenvalue weighted by molar-refractivity contribution is -0.150. The maximum atomic E-state index is 11.7. The molecular weight excluding hydrogens is 272 g/mol. The van der Waals surface area contributed by atoms with Crippen molar-refractivity contribution in [1.29, 1.82) is 0 Å². The SMILES string of the molecule is CC(C)C1(C(=O)O)CCN(c2nc3ccccc3s2)C1. The Bertz CT molecular complexity index is 619. The van der Waals surface area contributed by atoms with E-state index in [1.54, 1.807) is 11.3 Å². The fourth-order valence-electron chi connectivity index (χ4n) is 2.88. The highest BCUT2D eigenvalue weighted by molar-refractivity contribution is 7.22. The third-order valence-corrected chi connectivity index (χ3v) is 5.48. The van der Waals surface area contributed by atoms with E-state index >= 15 is 0 Å². The van der Waals surface area contributed by atoms with Gasteiger partial charge in [-0.2, -0.15) is 0 Å². The number of carboxylic acids is 1. The second-order valence-corrected chi connectivity index (χ2v) is 6.76. The monoisotopic (exact) mass is 290 g/mol. The number of aliphatic carboxylic acids is 1. The number of nitrogens with zero attached hydrogens (tertiary/aromatic N) is 2. The quantitative estimate of drug-likeness (QED) is 0.943. The van der Waals surface area contributed by atoms with Crippen molar-refractivity contribution in [1.82, 2.24) is 4.98 Å². The molecule has 1 saturated heterocycles. The molecule has 1 aliphatic rings. The van der Waals surface area contributed by atoms with Crippen molar-refractivity contribution in [2.75, 3.05) is 18.0 Å². The molecule has 0 amide bonds. The minimum Gasteiger partial charge on any atom is -0.481 e. The lowest BCUT2D eigenvalue weighted by atomic mass is 9.76. The highest BCUT2D eigenvalue weighted by Gasteiger charge is 2.47.